The molecule has 0 spiro atoms. The number of amides is 2. The van der Waals surface area contributed by atoms with Gasteiger partial charge in [-0.1, -0.05) is 42.0 Å². The van der Waals surface area contributed by atoms with E-state index < -0.39 is 0 Å². The number of benzene rings is 2. The van der Waals surface area contributed by atoms with E-state index in [-0.39, 0.29) is 18.4 Å². The third-order valence-corrected chi connectivity index (χ3v) is 3.48. The Morgan fingerprint density at radius 1 is 1.00 bits per heavy atom. The summed E-state index contributed by atoms with van der Waals surface area (Å²) >= 11 is 0. The van der Waals surface area contributed by atoms with E-state index in [1.54, 1.807) is 31.3 Å². The lowest BCUT2D eigenvalue weighted by Crippen LogP contribution is -2.24. The summed E-state index contributed by atoms with van der Waals surface area (Å²) < 4.78 is 5.30. The SMILES string of the molecule is CNC(=O)COc1ccc(NC(=O)C/C=C/c2ccc(C)cc2)cc1. The van der Waals surface area contributed by atoms with E-state index in [9.17, 15) is 9.59 Å². The summed E-state index contributed by atoms with van der Waals surface area (Å²) in [5.41, 5.74) is 2.95. The topological polar surface area (TPSA) is 67.4 Å². The molecule has 2 N–H and O–H groups in total. The zero-order valence-electron chi connectivity index (χ0n) is 14.4. The zero-order valence-corrected chi connectivity index (χ0v) is 14.4. The summed E-state index contributed by atoms with van der Waals surface area (Å²) in [6.07, 6.45) is 4.05. The van der Waals surface area contributed by atoms with Gasteiger partial charge in [-0.05, 0) is 36.8 Å². The van der Waals surface area contributed by atoms with E-state index in [1.165, 1.54) is 5.56 Å². The van der Waals surface area contributed by atoms with Crippen LogP contribution in [0, 0.1) is 6.92 Å². The van der Waals surface area contributed by atoms with Crippen LogP contribution in [0.4, 0.5) is 5.69 Å². The summed E-state index contributed by atoms with van der Waals surface area (Å²) in [4.78, 5) is 23.1. The van der Waals surface area contributed by atoms with Crippen molar-refractivity contribution < 1.29 is 14.3 Å². The Hall–Kier alpha value is -3.08. The largest absolute Gasteiger partial charge is 0.484 e. The van der Waals surface area contributed by atoms with Crippen LogP contribution in [0.15, 0.2) is 54.6 Å². The van der Waals surface area contributed by atoms with Crippen LogP contribution in [-0.2, 0) is 9.59 Å². The Labute approximate surface area is 147 Å². The first-order valence-electron chi connectivity index (χ1n) is 8.03. The zero-order chi connectivity index (χ0) is 18.1. The van der Waals surface area contributed by atoms with Gasteiger partial charge in [0.2, 0.25) is 5.91 Å². The molecule has 0 bridgehead atoms. The Balaban J connectivity index is 1.79. The molecule has 2 amide bonds. The van der Waals surface area contributed by atoms with Gasteiger partial charge in [0.05, 0.1) is 0 Å². The lowest BCUT2D eigenvalue weighted by molar-refractivity contribution is -0.122. The molecule has 2 aromatic rings. The maximum atomic E-state index is 11.9. The minimum Gasteiger partial charge on any atom is -0.484 e. The highest BCUT2D eigenvalue weighted by molar-refractivity contribution is 5.92. The summed E-state index contributed by atoms with van der Waals surface area (Å²) in [6, 6.07) is 15.0. The minimum absolute atomic E-state index is 0.0357. The van der Waals surface area contributed by atoms with E-state index in [0.29, 0.717) is 17.9 Å². The molecule has 0 aromatic heterocycles. The highest BCUT2D eigenvalue weighted by Crippen LogP contribution is 2.16. The number of aryl methyl sites for hydroxylation is 1. The average molecular weight is 338 g/mol. The maximum Gasteiger partial charge on any atom is 0.257 e. The first-order chi connectivity index (χ1) is 12.1. The van der Waals surface area contributed by atoms with Crippen molar-refractivity contribution in [1.29, 1.82) is 0 Å². The molecule has 0 aliphatic heterocycles. The van der Waals surface area contributed by atoms with Gasteiger partial charge in [0.1, 0.15) is 5.75 Å². The Bertz CT molecular complexity index is 735. The molecule has 0 radical (unpaired) electrons. The third-order valence-electron chi connectivity index (χ3n) is 3.48. The van der Waals surface area contributed by atoms with Gasteiger partial charge in [0.25, 0.3) is 5.91 Å². The van der Waals surface area contributed by atoms with Crippen molar-refractivity contribution in [2.75, 3.05) is 19.0 Å². The molecule has 2 aromatic carbocycles. The molecule has 5 nitrogen and oxygen atoms in total. The van der Waals surface area contributed by atoms with Crippen LogP contribution in [0.2, 0.25) is 0 Å². The highest BCUT2D eigenvalue weighted by atomic mass is 16.5. The van der Waals surface area contributed by atoms with Gasteiger partial charge in [0.15, 0.2) is 6.61 Å². The van der Waals surface area contributed by atoms with Crippen molar-refractivity contribution in [1.82, 2.24) is 5.32 Å². The van der Waals surface area contributed by atoms with Crippen molar-refractivity contribution >= 4 is 23.6 Å². The fraction of sp³-hybridized carbons (Fsp3) is 0.200. The van der Waals surface area contributed by atoms with E-state index in [1.807, 2.05) is 43.3 Å². The van der Waals surface area contributed by atoms with E-state index >= 15 is 0 Å². The smallest absolute Gasteiger partial charge is 0.257 e. The second kappa shape index (κ2) is 9.27. The van der Waals surface area contributed by atoms with Crippen LogP contribution < -0.4 is 15.4 Å². The van der Waals surface area contributed by atoms with Gasteiger partial charge in [-0.3, -0.25) is 9.59 Å². The summed E-state index contributed by atoms with van der Waals surface area (Å²) in [5.74, 6) is 0.279. The fourth-order valence-corrected chi connectivity index (χ4v) is 2.05. The number of ether oxygens (including phenoxy) is 1. The van der Waals surface area contributed by atoms with E-state index in [4.69, 9.17) is 4.74 Å². The highest BCUT2D eigenvalue weighted by Gasteiger charge is 2.02. The second-order valence-corrected chi connectivity index (χ2v) is 5.55. The molecule has 0 heterocycles. The van der Waals surface area contributed by atoms with Gasteiger partial charge < -0.3 is 15.4 Å². The van der Waals surface area contributed by atoms with Crippen molar-refractivity contribution in [2.24, 2.45) is 0 Å². The van der Waals surface area contributed by atoms with Crippen molar-refractivity contribution in [3.05, 3.63) is 65.7 Å². The molecule has 0 fully saturated rings. The van der Waals surface area contributed by atoms with E-state index in [0.717, 1.165) is 5.56 Å². The maximum absolute atomic E-state index is 11.9. The van der Waals surface area contributed by atoms with Gasteiger partial charge in [-0.15, -0.1) is 0 Å². The first kappa shape index (κ1) is 18.3. The van der Waals surface area contributed by atoms with Crippen LogP contribution in [-0.4, -0.2) is 25.5 Å². The van der Waals surface area contributed by atoms with Crippen LogP contribution in [0.1, 0.15) is 17.5 Å². The number of anilines is 1. The quantitative estimate of drug-likeness (QED) is 0.815. The lowest BCUT2D eigenvalue weighted by atomic mass is 10.1. The number of nitrogens with one attached hydrogen (secondary N) is 2. The first-order valence-corrected chi connectivity index (χ1v) is 8.03. The number of rotatable bonds is 7. The predicted octanol–water partition coefficient (Wildman–Crippen LogP) is 3.16. The number of carbonyl (C=O) groups is 2. The van der Waals surface area contributed by atoms with E-state index in [2.05, 4.69) is 10.6 Å². The minimum atomic E-state index is -0.197. The molecule has 25 heavy (non-hydrogen) atoms. The van der Waals surface area contributed by atoms with Crippen LogP contribution in [0.25, 0.3) is 6.08 Å². The third kappa shape index (κ3) is 6.51. The van der Waals surface area contributed by atoms with Crippen molar-refractivity contribution in [3.8, 4) is 5.75 Å². The Morgan fingerprint density at radius 3 is 2.32 bits per heavy atom. The summed E-state index contributed by atoms with van der Waals surface area (Å²) in [6.45, 7) is 2.00. The van der Waals surface area contributed by atoms with Crippen LogP contribution >= 0.6 is 0 Å². The molecule has 5 heteroatoms. The standard InChI is InChI=1S/C20H22N2O3/c1-15-6-8-16(9-7-15)4-3-5-19(23)22-17-10-12-18(13-11-17)25-14-20(24)21-2/h3-4,6-13H,5,14H2,1-2H3,(H,21,24)(H,22,23)/b4-3+. The van der Waals surface area contributed by atoms with Crippen molar-refractivity contribution in [3.63, 3.8) is 0 Å². The number of likely N-dealkylation sites (N-methyl/N-ethyl adjacent to an activating group) is 1. The molecule has 0 unspecified atom stereocenters. The molecule has 130 valence electrons. The second-order valence-electron chi connectivity index (χ2n) is 5.55. The Kier molecular flexibility index (Phi) is 6.77. The molecule has 0 saturated carbocycles. The number of hydrogen-bond donors (Lipinski definition) is 2. The monoisotopic (exact) mass is 338 g/mol. The predicted molar refractivity (Wildman–Crippen MR) is 99.5 cm³/mol. The molecule has 0 aliphatic carbocycles. The summed E-state index contributed by atoms with van der Waals surface area (Å²) in [5, 5.41) is 5.29. The molecule has 0 saturated heterocycles. The Morgan fingerprint density at radius 2 is 1.68 bits per heavy atom. The molecule has 0 atom stereocenters. The fourth-order valence-electron chi connectivity index (χ4n) is 2.05. The number of carbonyl (C=O) groups excluding carboxylic acids is 2. The molecular formula is C20H22N2O3. The van der Waals surface area contributed by atoms with Crippen LogP contribution in [0.5, 0.6) is 5.75 Å². The van der Waals surface area contributed by atoms with Gasteiger partial charge in [0, 0.05) is 19.2 Å². The van der Waals surface area contributed by atoms with Crippen molar-refractivity contribution in [2.45, 2.75) is 13.3 Å². The molecule has 2 rings (SSSR count). The van der Waals surface area contributed by atoms with Crippen LogP contribution in [0.3, 0.4) is 0 Å². The van der Waals surface area contributed by atoms with Gasteiger partial charge in [-0.25, -0.2) is 0 Å². The number of hydrogen-bond acceptors (Lipinski definition) is 3. The summed E-state index contributed by atoms with van der Waals surface area (Å²) in [7, 11) is 1.55. The average Bonchev–Trinajstić information content (AvgIpc) is 2.62. The van der Waals surface area contributed by atoms with Gasteiger partial charge >= 0.3 is 0 Å². The molecular weight excluding hydrogens is 316 g/mol. The molecule has 0 aliphatic rings. The van der Waals surface area contributed by atoms with Gasteiger partial charge in [-0.2, -0.15) is 0 Å². The normalized spacial score (nSPS) is 10.5. The lowest BCUT2D eigenvalue weighted by Gasteiger charge is -2.07.